The Bertz CT molecular complexity index is 528. The standard InChI is InChI=1S/C11H13N3O2/c1-8(2)11-12-9(13-16-11)7-14-6-4-3-5-10(14)15/h3-6,8H,7H2,1-2H3. The summed E-state index contributed by atoms with van der Waals surface area (Å²) in [4.78, 5) is 15.6. The van der Waals surface area contributed by atoms with E-state index in [-0.39, 0.29) is 11.5 Å². The van der Waals surface area contributed by atoms with Crippen molar-refractivity contribution in [1.82, 2.24) is 14.7 Å². The number of nitrogens with zero attached hydrogens (tertiary/aromatic N) is 3. The van der Waals surface area contributed by atoms with Crippen LogP contribution >= 0.6 is 0 Å². The van der Waals surface area contributed by atoms with Crippen molar-refractivity contribution in [2.75, 3.05) is 0 Å². The van der Waals surface area contributed by atoms with Crippen LogP contribution in [0.1, 0.15) is 31.5 Å². The molecule has 0 fully saturated rings. The molecule has 2 aromatic rings. The van der Waals surface area contributed by atoms with E-state index in [1.165, 1.54) is 10.6 Å². The Hall–Kier alpha value is -1.91. The van der Waals surface area contributed by atoms with Gasteiger partial charge in [-0.05, 0) is 6.07 Å². The highest BCUT2D eigenvalue weighted by atomic mass is 16.5. The molecular weight excluding hydrogens is 206 g/mol. The first-order chi connectivity index (χ1) is 7.66. The van der Waals surface area contributed by atoms with Crippen LogP contribution in [0.4, 0.5) is 0 Å². The van der Waals surface area contributed by atoms with Gasteiger partial charge in [-0.3, -0.25) is 4.79 Å². The molecule has 0 aromatic carbocycles. The summed E-state index contributed by atoms with van der Waals surface area (Å²) in [5, 5.41) is 3.83. The summed E-state index contributed by atoms with van der Waals surface area (Å²) in [5.74, 6) is 1.32. The topological polar surface area (TPSA) is 60.9 Å². The van der Waals surface area contributed by atoms with Crippen LogP contribution in [0.5, 0.6) is 0 Å². The summed E-state index contributed by atoms with van der Waals surface area (Å²) >= 11 is 0. The van der Waals surface area contributed by atoms with Crippen LogP contribution in [0.15, 0.2) is 33.7 Å². The molecule has 0 N–H and O–H groups in total. The minimum absolute atomic E-state index is 0.0709. The second kappa shape index (κ2) is 4.30. The smallest absolute Gasteiger partial charge is 0.250 e. The highest BCUT2D eigenvalue weighted by Crippen LogP contribution is 2.10. The van der Waals surface area contributed by atoms with E-state index in [1.807, 2.05) is 13.8 Å². The first-order valence-corrected chi connectivity index (χ1v) is 5.15. The molecule has 2 heterocycles. The summed E-state index contributed by atoms with van der Waals surface area (Å²) < 4.78 is 6.60. The minimum Gasteiger partial charge on any atom is -0.339 e. The third kappa shape index (κ3) is 2.18. The predicted octanol–water partition coefficient (Wildman–Crippen LogP) is 1.40. The third-order valence-corrected chi connectivity index (χ3v) is 2.19. The Morgan fingerprint density at radius 3 is 2.88 bits per heavy atom. The van der Waals surface area contributed by atoms with Crippen molar-refractivity contribution in [2.24, 2.45) is 0 Å². The molecular formula is C11H13N3O2. The van der Waals surface area contributed by atoms with E-state index >= 15 is 0 Å². The Morgan fingerprint density at radius 1 is 1.44 bits per heavy atom. The number of rotatable bonds is 3. The van der Waals surface area contributed by atoms with E-state index in [1.54, 1.807) is 18.3 Å². The molecule has 0 aliphatic rings. The lowest BCUT2D eigenvalue weighted by Crippen LogP contribution is -2.18. The summed E-state index contributed by atoms with van der Waals surface area (Å²) in [6, 6.07) is 5.00. The van der Waals surface area contributed by atoms with Gasteiger partial charge in [0.25, 0.3) is 5.56 Å². The Morgan fingerprint density at radius 2 is 2.25 bits per heavy atom. The molecule has 0 amide bonds. The van der Waals surface area contributed by atoms with Crippen LogP contribution in [-0.4, -0.2) is 14.7 Å². The second-order valence-corrected chi connectivity index (χ2v) is 3.87. The third-order valence-electron chi connectivity index (χ3n) is 2.19. The van der Waals surface area contributed by atoms with Gasteiger partial charge in [-0.1, -0.05) is 25.1 Å². The Labute approximate surface area is 92.7 Å². The lowest BCUT2D eigenvalue weighted by atomic mass is 10.2. The van der Waals surface area contributed by atoms with Gasteiger partial charge in [0.2, 0.25) is 5.89 Å². The fraction of sp³-hybridized carbons (Fsp3) is 0.364. The van der Waals surface area contributed by atoms with Gasteiger partial charge in [0.05, 0.1) is 6.54 Å². The van der Waals surface area contributed by atoms with Gasteiger partial charge in [0, 0.05) is 18.2 Å². The van der Waals surface area contributed by atoms with E-state index in [0.29, 0.717) is 18.3 Å². The average Bonchev–Trinajstić information content (AvgIpc) is 2.70. The zero-order valence-electron chi connectivity index (χ0n) is 9.25. The Balaban J connectivity index is 2.21. The van der Waals surface area contributed by atoms with Gasteiger partial charge in [-0.25, -0.2) is 0 Å². The zero-order chi connectivity index (χ0) is 11.5. The summed E-state index contributed by atoms with van der Waals surface area (Å²) in [5.41, 5.74) is -0.0709. The van der Waals surface area contributed by atoms with Gasteiger partial charge in [0.1, 0.15) is 0 Å². The molecule has 0 saturated heterocycles. The molecule has 0 bridgehead atoms. The zero-order valence-corrected chi connectivity index (χ0v) is 9.25. The summed E-state index contributed by atoms with van der Waals surface area (Å²) in [6.45, 7) is 4.30. The second-order valence-electron chi connectivity index (χ2n) is 3.87. The van der Waals surface area contributed by atoms with Crippen molar-refractivity contribution in [1.29, 1.82) is 0 Å². The maximum atomic E-state index is 11.4. The van der Waals surface area contributed by atoms with Gasteiger partial charge in [0.15, 0.2) is 5.82 Å². The lowest BCUT2D eigenvalue weighted by molar-refractivity contribution is 0.359. The predicted molar refractivity (Wildman–Crippen MR) is 58.2 cm³/mol. The van der Waals surface area contributed by atoms with Crippen molar-refractivity contribution < 1.29 is 4.52 Å². The van der Waals surface area contributed by atoms with Crippen molar-refractivity contribution in [3.63, 3.8) is 0 Å². The maximum Gasteiger partial charge on any atom is 0.250 e. The monoisotopic (exact) mass is 219 g/mol. The van der Waals surface area contributed by atoms with Crippen LogP contribution in [0.25, 0.3) is 0 Å². The van der Waals surface area contributed by atoms with Gasteiger partial charge < -0.3 is 9.09 Å². The van der Waals surface area contributed by atoms with Gasteiger partial charge in [-0.15, -0.1) is 0 Å². The highest BCUT2D eigenvalue weighted by molar-refractivity contribution is 4.97. The summed E-state index contributed by atoms with van der Waals surface area (Å²) in [6.07, 6.45) is 1.70. The van der Waals surface area contributed by atoms with Gasteiger partial charge in [-0.2, -0.15) is 4.98 Å². The molecule has 84 valence electrons. The molecule has 0 unspecified atom stereocenters. The maximum absolute atomic E-state index is 11.4. The molecule has 5 nitrogen and oxygen atoms in total. The first kappa shape index (κ1) is 10.6. The van der Waals surface area contributed by atoms with E-state index in [2.05, 4.69) is 10.1 Å². The van der Waals surface area contributed by atoms with Gasteiger partial charge >= 0.3 is 0 Å². The van der Waals surface area contributed by atoms with E-state index in [9.17, 15) is 4.79 Å². The van der Waals surface area contributed by atoms with Crippen molar-refractivity contribution in [3.05, 3.63) is 46.5 Å². The first-order valence-electron chi connectivity index (χ1n) is 5.15. The Kier molecular flexibility index (Phi) is 2.85. The van der Waals surface area contributed by atoms with Crippen molar-refractivity contribution >= 4 is 0 Å². The fourth-order valence-electron chi connectivity index (χ4n) is 1.31. The van der Waals surface area contributed by atoms with E-state index in [0.717, 1.165) is 0 Å². The molecule has 0 aliphatic carbocycles. The molecule has 5 heteroatoms. The molecule has 0 spiro atoms. The SMILES string of the molecule is CC(C)c1nc(Cn2ccccc2=O)no1. The number of hydrogen-bond donors (Lipinski definition) is 0. The highest BCUT2D eigenvalue weighted by Gasteiger charge is 2.10. The van der Waals surface area contributed by atoms with Crippen LogP contribution in [0.2, 0.25) is 0 Å². The number of pyridine rings is 1. The molecule has 2 aromatic heterocycles. The van der Waals surface area contributed by atoms with Crippen LogP contribution < -0.4 is 5.56 Å². The molecule has 0 atom stereocenters. The normalized spacial score (nSPS) is 10.9. The van der Waals surface area contributed by atoms with E-state index < -0.39 is 0 Å². The van der Waals surface area contributed by atoms with Crippen molar-refractivity contribution in [2.45, 2.75) is 26.3 Å². The molecule has 0 aliphatic heterocycles. The molecule has 0 radical (unpaired) electrons. The van der Waals surface area contributed by atoms with E-state index in [4.69, 9.17) is 4.52 Å². The molecule has 0 saturated carbocycles. The quantitative estimate of drug-likeness (QED) is 0.782. The molecule has 16 heavy (non-hydrogen) atoms. The minimum atomic E-state index is -0.0709. The fourth-order valence-corrected chi connectivity index (χ4v) is 1.31. The van der Waals surface area contributed by atoms with Crippen LogP contribution in [0, 0.1) is 0 Å². The van der Waals surface area contributed by atoms with Crippen molar-refractivity contribution in [3.8, 4) is 0 Å². The summed E-state index contributed by atoms with van der Waals surface area (Å²) in [7, 11) is 0. The molecule has 2 rings (SSSR count). The van der Waals surface area contributed by atoms with Crippen LogP contribution in [0.3, 0.4) is 0 Å². The average molecular weight is 219 g/mol. The number of aromatic nitrogens is 3. The van der Waals surface area contributed by atoms with Crippen LogP contribution in [-0.2, 0) is 6.54 Å². The number of hydrogen-bond acceptors (Lipinski definition) is 4. The largest absolute Gasteiger partial charge is 0.339 e. The lowest BCUT2D eigenvalue weighted by Gasteiger charge is -1.99.